The molecule has 0 aliphatic carbocycles. The molecule has 0 heterocycles. The maximum Gasteiger partial charge on any atom is 0.211 e. The van der Waals surface area contributed by atoms with E-state index in [1.807, 2.05) is 0 Å². The van der Waals surface area contributed by atoms with E-state index >= 15 is 0 Å². The lowest BCUT2D eigenvalue weighted by Gasteiger charge is -2.22. The van der Waals surface area contributed by atoms with Gasteiger partial charge in [-0.05, 0) is 24.1 Å². The van der Waals surface area contributed by atoms with E-state index < -0.39 is 5.62 Å². The Morgan fingerprint density at radius 1 is 1.41 bits per heavy atom. The van der Waals surface area contributed by atoms with Crippen molar-refractivity contribution in [1.29, 1.82) is 0 Å². The fourth-order valence-corrected chi connectivity index (χ4v) is 6.67. The summed E-state index contributed by atoms with van der Waals surface area (Å²) in [5.74, 6) is 0.570. The van der Waals surface area contributed by atoms with Crippen molar-refractivity contribution in [3.8, 4) is 0 Å². The van der Waals surface area contributed by atoms with Gasteiger partial charge in [0.1, 0.15) is 0 Å². The van der Waals surface area contributed by atoms with Gasteiger partial charge in [-0.3, -0.25) is 4.99 Å². The molecule has 0 aliphatic heterocycles. The Morgan fingerprint density at radius 2 is 2.06 bits per heavy atom. The van der Waals surface area contributed by atoms with Crippen molar-refractivity contribution in [1.82, 2.24) is 5.09 Å². The second-order valence-corrected chi connectivity index (χ2v) is 11.6. The van der Waals surface area contributed by atoms with Gasteiger partial charge in [-0.1, -0.05) is 46.0 Å². The van der Waals surface area contributed by atoms with Crippen LogP contribution in [-0.4, -0.2) is 24.7 Å². The van der Waals surface area contributed by atoms with Gasteiger partial charge in [0.05, 0.1) is 12.9 Å². The van der Waals surface area contributed by atoms with E-state index in [4.69, 9.17) is 16.3 Å². The van der Waals surface area contributed by atoms with Crippen LogP contribution < -0.4 is 5.09 Å². The summed E-state index contributed by atoms with van der Waals surface area (Å²) in [6.45, 7) is 12.2. The summed E-state index contributed by atoms with van der Waals surface area (Å²) in [4.78, 5) is 4.30. The van der Waals surface area contributed by atoms with Gasteiger partial charge in [-0.15, -0.1) is 0 Å². The maximum absolute atomic E-state index is 5.78. The molecule has 0 fully saturated rings. The van der Waals surface area contributed by atoms with E-state index in [1.54, 1.807) is 17.7 Å². The summed E-state index contributed by atoms with van der Waals surface area (Å²) in [5.41, 5.74) is -2.00. The van der Waals surface area contributed by atoms with Gasteiger partial charge >= 0.3 is 0 Å². The lowest BCUT2D eigenvalue weighted by Crippen LogP contribution is -2.11. The fraction of sp³-hybridized carbons (Fsp3) is 0.909. The van der Waals surface area contributed by atoms with Gasteiger partial charge < -0.3 is 9.61 Å². The zero-order chi connectivity index (χ0) is 13.3. The molecule has 17 heavy (non-hydrogen) atoms. The normalized spacial score (nSPS) is 15.7. The molecule has 0 saturated carbocycles. The SMILES string of the molecule is CCCOP(=S)(NC=NCC(C)C)SC(C)C. The number of aliphatic imine (C=N–C) groups is 1. The quantitative estimate of drug-likeness (QED) is 0.395. The molecule has 0 saturated heterocycles. The second-order valence-electron chi connectivity index (χ2n) is 4.50. The Balaban J connectivity index is 4.27. The largest absolute Gasteiger partial charge is 0.326 e. The van der Waals surface area contributed by atoms with Crippen molar-refractivity contribution in [2.45, 2.75) is 46.3 Å². The first kappa shape index (κ1) is 17.4. The molecular weight excluding hydrogens is 271 g/mol. The third kappa shape index (κ3) is 10.1. The van der Waals surface area contributed by atoms with E-state index in [9.17, 15) is 0 Å². The summed E-state index contributed by atoms with van der Waals surface area (Å²) in [7, 11) is 0. The summed E-state index contributed by atoms with van der Waals surface area (Å²) < 4.78 is 5.78. The standard InChI is InChI=1S/C11H25N2OPS2/c1-6-7-14-15(16,17-11(4)5)13-9-12-8-10(2)3/h9-11H,6-8H2,1-5H3,(H,12,13,16). The Labute approximate surface area is 115 Å². The number of rotatable bonds is 9. The second kappa shape index (κ2) is 9.37. The molecule has 0 amide bonds. The van der Waals surface area contributed by atoms with Crippen molar-refractivity contribution < 1.29 is 4.52 Å². The topological polar surface area (TPSA) is 33.6 Å². The molecule has 0 aliphatic rings. The van der Waals surface area contributed by atoms with Crippen LogP contribution in [0.15, 0.2) is 4.99 Å². The molecule has 1 atom stereocenters. The summed E-state index contributed by atoms with van der Waals surface area (Å²) in [6, 6.07) is 0. The summed E-state index contributed by atoms with van der Waals surface area (Å²) >= 11 is 7.27. The molecule has 0 rings (SSSR count). The van der Waals surface area contributed by atoms with E-state index in [1.165, 1.54) is 0 Å². The van der Waals surface area contributed by atoms with Gasteiger partial charge in [-0.2, -0.15) is 0 Å². The van der Waals surface area contributed by atoms with Gasteiger partial charge in [-0.25, -0.2) is 0 Å². The van der Waals surface area contributed by atoms with E-state index in [-0.39, 0.29) is 0 Å². The van der Waals surface area contributed by atoms with Crippen LogP contribution >= 0.6 is 17.0 Å². The Bertz CT molecular complexity index is 270. The van der Waals surface area contributed by atoms with Gasteiger partial charge in [0.25, 0.3) is 0 Å². The molecule has 0 aromatic heterocycles. The average molecular weight is 296 g/mol. The third-order valence-electron chi connectivity index (χ3n) is 1.59. The molecule has 0 aromatic rings. The predicted octanol–water partition coefficient (Wildman–Crippen LogP) is 4.05. The smallest absolute Gasteiger partial charge is 0.211 e. The number of nitrogens with zero attached hydrogens (tertiary/aromatic N) is 1. The molecular formula is C11H25N2OPS2. The van der Waals surface area contributed by atoms with Crippen molar-refractivity contribution in [2.75, 3.05) is 13.2 Å². The van der Waals surface area contributed by atoms with Crippen LogP contribution in [0, 0.1) is 5.92 Å². The monoisotopic (exact) mass is 296 g/mol. The van der Waals surface area contributed by atoms with Gasteiger partial charge in [0, 0.05) is 11.8 Å². The molecule has 0 aromatic carbocycles. The van der Waals surface area contributed by atoms with Crippen LogP contribution in [-0.2, 0) is 16.3 Å². The van der Waals surface area contributed by atoms with Crippen molar-refractivity contribution in [3.63, 3.8) is 0 Å². The van der Waals surface area contributed by atoms with Gasteiger partial charge in [0.15, 0.2) is 0 Å². The van der Waals surface area contributed by atoms with Crippen LogP contribution in [0.2, 0.25) is 0 Å². The Morgan fingerprint density at radius 3 is 2.53 bits per heavy atom. The highest BCUT2D eigenvalue weighted by Gasteiger charge is 2.18. The summed E-state index contributed by atoms with van der Waals surface area (Å²) in [6.07, 6.45) is 2.72. The zero-order valence-electron chi connectivity index (χ0n) is 11.5. The zero-order valence-corrected chi connectivity index (χ0v) is 14.0. The molecule has 0 radical (unpaired) electrons. The number of hydrogen-bond donors (Lipinski definition) is 1. The lowest BCUT2D eigenvalue weighted by molar-refractivity contribution is 0.356. The lowest BCUT2D eigenvalue weighted by atomic mass is 10.2. The Kier molecular flexibility index (Phi) is 9.61. The van der Waals surface area contributed by atoms with Crippen molar-refractivity contribution >= 4 is 35.1 Å². The van der Waals surface area contributed by atoms with Crippen LogP contribution in [0.1, 0.15) is 41.0 Å². The van der Waals surface area contributed by atoms with E-state index in [0.717, 1.165) is 13.0 Å². The number of hydrogen-bond acceptors (Lipinski definition) is 4. The van der Waals surface area contributed by atoms with Crippen LogP contribution in [0.5, 0.6) is 0 Å². The molecule has 1 N–H and O–H groups in total. The molecule has 0 bridgehead atoms. The van der Waals surface area contributed by atoms with Crippen LogP contribution in [0.25, 0.3) is 0 Å². The molecule has 102 valence electrons. The third-order valence-corrected chi connectivity index (χ3v) is 7.38. The van der Waals surface area contributed by atoms with Gasteiger partial charge in [0.2, 0.25) is 5.62 Å². The maximum atomic E-state index is 5.78. The first-order chi connectivity index (χ1) is 7.89. The van der Waals surface area contributed by atoms with Crippen LogP contribution in [0.3, 0.4) is 0 Å². The molecule has 6 heteroatoms. The van der Waals surface area contributed by atoms with Crippen molar-refractivity contribution in [2.24, 2.45) is 10.9 Å². The summed E-state index contributed by atoms with van der Waals surface area (Å²) in [5, 5.41) is 3.65. The minimum atomic E-state index is -2.00. The highest BCUT2D eigenvalue weighted by Crippen LogP contribution is 2.57. The molecule has 3 nitrogen and oxygen atoms in total. The predicted molar refractivity (Wildman–Crippen MR) is 84.6 cm³/mol. The first-order valence-electron chi connectivity index (χ1n) is 6.08. The average Bonchev–Trinajstić information content (AvgIpc) is 2.20. The fourth-order valence-electron chi connectivity index (χ4n) is 0.962. The minimum absolute atomic E-state index is 0.462. The highest BCUT2D eigenvalue weighted by atomic mass is 32.9. The highest BCUT2D eigenvalue weighted by molar-refractivity contribution is 8.69. The van der Waals surface area contributed by atoms with E-state index in [2.05, 4.69) is 44.7 Å². The first-order valence-corrected chi connectivity index (χ1v) is 10.3. The molecule has 0 spiro atoms. The van der Waals surface area contributed by atoms with Crippen molar-refractivity contribution in [3.05, 3.63) is 0 Å². The minimum Gasteiger partial charge on any atom is -0.326 e. The Hall–Kier alpha value is 0.430. The molecule has 1 unspecified atom stereocenters. The number of nitrogens with one attached hydrogen (secondary N) is 1. The van der Waals surface area contributed by atoms with Crippen LogP contribution in [0.4, 0.5) is 0 Å². The van der Waals surface area contributed by atoms with E-state index in [0.29, 0.717) is 17.8 Å².